The number of esters is 1. The fourth-order valence-electron chi connectivity index (χ4n) is 7.58. The summed E-state index contributed by atoms with van der Waals surface area (Å²) in [7, 11) is 4.67. The number of methoxy groups -OCH3 is 3. The van der Waals surface area contributed by atoms with E-state index in [2.05, 4.69) is 10.3 Å². The number of carbonyl (C=O) groups is 2. The van der Waals surface area contributed by atoms with Gasteiger partial charge in [0.25, 0.3) is 0 Å². The third-order valence-electron chi connectivity index (χ3n) is 10.0. The van der Waals surface area contributed by atoms with Crippen molar-refractivity contribution >= 4 is 17.8 Å². The van der Waals surface area contributed by atoms with Crippen LogP contribution in [0.25, 0.3) is 6.08 Å². The third kappa shape index (κ3) is 6.30. The average molecular weight is 716 g/mol. The molecule has 8 rings (SSSR count). The molecule has 0 unspecified atom stereocenters. The quantitative estimate of drug-likeness (QED) is 0.0863. The Morgan fingerprint density at radius 1 is 0.906 bits per heavy atom. The van der Waals surface area contributed by atoms with Gasteiger partial charge in [0.1, 0.15) is 18.1 Å². The molecule has 53 heavy (non-hydrogen) atoms. The van der Waals surface area contributed by atoms with Crippen LogP contribution in [0.4, 0.5) is 0 Å². The van der Waals surface area contributed by atoms with E-state index in [-0.39, 0.29) is 37.7 Å². The molecule has 4 atom stereocenters. The standard InChI is InChI=1S/C41H37N3O9/c1-23-6-5-7-24(14-23)8-13-32(45)25-9-11-28(12-10-25)50-20-27-19-44(43-42-27)39-30-18-34-33(52-22-53-34)17-29(30)37(38-31(39)21-51-41(38)46)26-15-35(47-2)40(49-4)36(16-26)48-3/h5-19,31,37-39H,20-22H2,1-4H3/b13-8+/t31-,37+,38-,39+/m0/s1. The van der Waals surface area contributed by atoms with Crippen molar-refractivity contribution in [2.75, 3.05) is 34.7 Å². The molecule has 3 heterocycles. The van der Waals surface area contributed by atoms with Crippen molar-refractivity contribution < 1.29 is 42.7 Å². The van der Waals surface area contributed by atoms with Crippen molar-refractivity contribution in [1.29, 1.82) is 0 Å². The van der Waals surface area contributed by atoms with Crippen molar-refractivity contribution in [2.45, 2.75) is 25.5 Å². The highest BCUT2D eigenvalue weighted by atomic mass is 16.7. The number of cyclic esters (lactones) is 1. The Hall–Kier alpha value is -6.30. The number of benzene rings is 4. The summed E-state index contributed by atoms with van der Waals surface area (Å²) in [4.78, 5) is 26.4. The van der Waals surface area contributed by atoms with E-state index >= 15 is 0 Å². The van der Waals surface area contributed by atoms with Gasteiger partial charge in [0, 0.05) is 17.4 Å². The molecule has 0 bridgehead atoms. The van der Waals surface area contributed by atoms with Crippen LogP contribution in [0.3, 0.4) is 0 Å². The molecular weight excluding hydrogens is 678 g/mol. The molecular formula is C41H37N3O9. The monoisotopic (exact) mass is 715 g/mol. The van der Waals surface area contributed by atoms with E-state index in [9.17, 15) is 9.59 Å². The van der Waals surface area contributed by atoms with Crippen LogP contribution in [0.15, 0.2) is 85.1 Å². The summed E-state index contributed by atoms with van der Waals surface area (Å²) in [6, 6.07) is 22.2. The van der Waals surface area contributed by atoms with Crippen molar-refractivity contribution in [1.82, 2.24) is 15.0 Å². The summed E-state index contributed by atoms with van der Waals surface area (Å²) in [5.74, 6) is 1.50. The second kappa shape index (κ2) is 14.0. The number of hydrogen-bond acceptors (Lipinski definition) is 11. The van der Waals surface area contributed by atoms with E-state index in [1.165, 1.54) is 0 Å². The molecule has 0 amide bonds. The maximum Gasteiger partial charge on any atom is 0.310 e. The van der Waals surface area contributed by atoms with Gasteiger partial charge in [0.05, 0.1) is 46.1 Å². The van der Waals surface area contributed by atoms with Gasteiger partial charge < -0.3 is 33.2 Å². The molecule has 1 aromatic heterocycles. The van der Waals surface area contributed by atoms with Gasteiger partial charge in [-0.05, 0) is 83.8 Å². The molecule has 3 aliphatic rings. The molecule has 4 aromatic carbocycles. The highest BCUT2D eigenvalue weighted by Crippen LogP contribution is 2.56. The van der Waals surface area contributed by atoms with Crippen LogP contribution in [-0.4, -0.2) is 61.5 Å². The number of carbonyl (C=O) groups excluding carboxylic acids is 2. The van der Waals surface area contributed by atoms with Crippen LogP contribution < -0.4 is 28.4 Å². The topological polar surface area (TPSA) is 129 Å². The second-order valence-corrected chi connectivity index (χ2v) is 13.1. The molecule has 0 N–H and O–H groups in total. The lowest BCUT2D eigenvalue weighted by molar-refractivity contribution is -0.141. The number of ether oxygens (including phenoxy) is 7. The largest absolute Gasteiger partial charge is 0.493 e. The van der Waals surface area contributed by atoms with Gasteiger partial charge in [-0.3, -0.25) is 9.59 Å². The fraction of sp³-hybridized carbons (Fsp3) is 0.268. The minimum atomic E-state index is -0.563. The molecule has 0 radical (unpaired) electrons. The summed E-state index contributed by atoms with van der Waals surface area (Å²) in [6.45, 7) is 2.44. The lowest BCUT2D eigenvalue weighted by atomic mass is 9.65. The van der Waals surface area contributed by atoms with E-state index in [1.54, 1.807) is 56.4 Å². The van der Waals surface area contributed by atoms with E-state index in [1.807, 2.05) is 67.7 Å². The molecule has 1 saturated heterocycles. The Balaban J connectivity index is 1.07. The zero-order chi connectivity index (χ0) is 36.6. The highest BCUT2D eigenvalue weighted by molar-refractivity contribution is 6.06. The first-order valence-corrected chi connectivity index (χ1v) is 17.2. The molecule has 1 aliphatic carbocycles. The molecule has 1 fully saturated rings. The molecule has 2 aliphatic heterocycles. The SMILES string of the molecule is COc1cc([C@@H]2c3cc4c(cc3[C@@H](n3cc(COc5ccc(C(=O)/C=C/c6cccc(C)c6)cc5)nn3)[C@H]3COC(=O)[C@H]23)OCO4)cc(OC)c1OC. The maximum atomic E-state index is 13.6. The van der Waals surface area contributed by atoms with E-state index in [4.69, 9.17) is 33.2 Å². The Bertz CT molecular complexity index is 2200. The van der Waals surface area contributed by atoms with Crippen molar-refractivity contribution in [3.63, 3.8) is 0 Å². The minimum Gasteiger partial charge on any atom is -0.493 e. The maximum absolute atomic E-state index is 13.6. The van der Waals surface area contributed by atoms with Gasteiger partial charge >= 0.3 is 5.97 Å². The molecule has 0 saturated carbocycles. The number of fused-ring (bicyclic) bond motifs is 3. The van der Waals surface area contributed by atoms with Crippen molar-refractivity contribution in [3.8, 4) is 34.5 Å². The Morgan fingerprint density at radius 3 is 2.34 bits per heavy atom. The van der Waals surface area contributed by atoms with Gasteiger partial charge in [0.2, 0.25) is 12.5 Å². The predicted octanol–water partition coefficient (Wildman–Crippen LogP) is 6.34. The number of aromatic nitrogens is 3. The zero-order valence-electron chi connectivity index (χ0n) is 29.6. The zero-order valence-corrected chi connectivity index (χ0v) is 29.6. The fourth-order valence-corrected chi connectivity index (χ4v) is 7.58. The van der Waals surface area contributed by atoms with Crippen LogP contribution >= 0.6 is 0 Å². The number of allylic oxidation sites excluding steroid dienone is 1. The van der Waals surface area contributed by atoms with Gasteiger partial charge in [-0.15, -0.1) is 5.10 Å². The van der Waals surface area contributed by atoms with E-state index in [0.717, 1.165) is 27.8 Å². The summed E-state index contributed by atoms with van der Waals surface area (Å²) in [5, 5.41) is 8.96. The summed E-state index contributed by atoms with van der Waals surface area (Å²) in [5.41, 5.74) is 5.81. The van der Waals surface area contributed by atoms with E-state index in [0.29, 0.717) is 45.8 Å². The first-order valence-electron chi connectivity index (χ1n) is 17.2. The van der Waals surface area contributed by atoms with Crippen LogP contribution in [0.5, 0.6) is 34.5 Å². The summed E-state index contributed by atoms with van der Waals surface area (Å²) in [6.07, 6.45) is 5.21. The van der Waals surface area contributed by atoms with Gasteiger partial charge in [-0.2, -0.15) is 0 Å². The normalized spacial score (nSPS) is 19.7. The second-order valence-electron chi connectivity index (χ2n) is 13.1. The third-order valence-corrected chi connectivity index (χ3v) is 10.0. The van der Waals surface area contributed by atoms with Crippen LogP contribution in [0.2, 0.25) is 0 Å². The Morgan fingerprint density at radius 2 is 1.64 bits per heavy atom. The van der Waals surface area contributed by atoms with E-state index < -0.39 is 17.9 Å². The summed E-state index contributed by atoms with van der Waals surface area (Å²) >= 11 is 0. The Labute approximate surface area is 305 Å². The summed E-state index contributed by atoms with van der Waals surface area (Å²) < 4.78 is 42.2. The number of ketones is 1. The molecule has 0 spiro atoms. The van der Waals surface area contributed by atoms with Crippen LogP contribution in [0, 0.1) is 18.8 Å². The van der Waals surface area contributed by atoms with Gasteiger partial charge in [0.15, 0.2) is 28.8 Å². The van der Waals surface area contributed by atoms with Gasteiger partial charge in [-0.25, -0.2) is 4.68 Å². The minimum absolute atomic E-state index is 0.0939. The van der Waals surface area contributed by atoms with Crippen molar-refractivity contribution in [3.05, 3.63) is 124 Å². The molecule has 12 heteroatoms. The number of hydrogen-bond donors (Lipinski definition) is 0. The van der Waals surface area contributed by atoms with Crippen LogP contribution in [-0.2, 0) is 16.1 Å². The smallest absolute Gasteiger partial charge is 0.310 e. The first-order chi connectivity index (χ1) is 25.8. The molecule has 270 valence electrons. The lowest BCUT2D eigenvalue weighted by Crippen LogP contribution is -2.37. The van der Waals surface area contributed by atoms with Crippen LogP contribution in [0.1, 0.15) is 55.8 Å². The lowest BCUT2D eigenvalue weighted by Gasteiger charge is -2.39. The van der Waals surface area contributed by atoms with Gasteiger partial charge in [-0.1, -0.05) is 41.1 Å². The highest BCUT2D eigenvalue weighted by Gasteiger charge is 2.53. The number of rotatable bonds is 11. The predicted molar refractivity (Wildman–Crippen MR) is 192 cm³/mol. The first kappa shape index (κ1) is 33.8. The average Bonchev–Trinajstić information content (AvgIpc) is 3.94. The number of nitrogens with zero attached hydrogens (tertiary/aromatic N) is 3. The number of aryl methyl sites for hydroxylation is 1. The Kier molecular flexibility index (Phi) is 8.95. The molecule has 5 aromatic rings. The molecule has 12 nitrogen and oxygen atoms in total. The van der Waals surface area contributed by atoms with Crippen molar-refractivity contribution in [2.24, 2.45) is 11.8 Å².